The number of nitrogens with zero attached hydrogens (tertiary/aromatic N) is 1. The van der Waals surface area contributed by atoms with E-state index in [1.165, 1.54) is 5.56 Å². The molecule has 0 fully saturated rings. The summed E-state index contributed by atoms with van der Waals surface area (Å²) in [5, 5.41) is 2.88. The fraction of sp³-hybridized carbons (Fsp3) is 0.533. The summed E-state index contributed by atoms with van der Waals surface area (Å²) in [5.41, 5.74) is 7.84. The fourth-order valence-corrected chi connectivity index (χ4v) is 1.96. The molecule has 1 atom stereocenters. The van der Waals surface area contributed by atoms with Crippen LogP contribution in [-0.4, -0.2) is 30.9 Å². The van der Waals surface area contributed by atoms with Crippen LogP contribution in [0.4, 0.5) is 5.69 Å². The van der Waals surface area contributed by atoms with Gasteiger partial charge in [-0.15, -0.1) is 24.8 Å². The highest BCUT2D eigenvalue weighted by Crippen LogP contribution is 2.13. The van der Waals surface area contributed by atoms with Crippen molar-refractivity contribution in [2.45, 2.75) is 32.9 Å². The lowest BCUT2D eigenvalue weighted by molar-refractivity contribution is -0.117. The molecular weight excluding hydrogens is 309 g/mol. The van der Waals surface area contributed by atoms with Crippen molar-refractivity contribution in [2.24, 2.45) is 11.7 Å². The Bertz CT molecular complexity index is 425. The van der Waals surface area contributed by atoms with E-state index in [-0.39, 0.29) is 30.7 Å². The van der Waals surface area contributed by atoms with Crippen LogP contribution in [0.2, 0.25) is 0 Å². The van der Waals surface area contributed by atoms with Gasteiger partial charge in [-0.2, -0.15) is 0 Å². The first kappa shape index (κ1) is 22.5. The van der Waals surface area contributed by atoms with Crippen molar-refractivity contribution < 1.29 is 4.79 Å². The molecule has 21 heavy (non-hydrogen) atoms. The minimum Gasteiger partial charge on any atom is -0.325 e. The lowest BCUT2D eigenvalue weighted by Gasteiger charge is -2.15. The molecule has 0 saturated heterocycles. The van der Waals surface area contributed by atoms with E-state index in [1.54, 1.807) is 0 Å². The SMILES string of the molecule is CC(C)C[C@H](N)C(=O)Nc1cccc(CN(C)C)c1.Cl.Cl. The van der Waals surface area contributed by atoms with Gasteiger partial charge in [-0.05, 0) is 44.1 Å². The molecule has 0 aromatic heterocycles. The van der Waals surface area contributed by atoms with E-state index in [4.69, 9.17) is 5.73 Å². The zero-order valence-electron chi connectivity index (χ0n) is 13.1. The van der Waals surface area contributed by atoms with Crippen LogP contribution in [0, 0.1) is 5.92 Å². The average Bonchev–Trinajstić information content (AvgIpc) is 2.27. The zero-order chi connectivity index (χ0) is 14.4. The van der Waals surface area contributed by atoms with Crippen LogP contribution in [-0.2, 0) is 11.3 Å². The van der Waals surface area contributed by atoms with Gasteiger partial charge in [-0.1, -0.05) is 26.0 Å². The molecule has 0 unspecified atom stereocenters. The van der Waals surface area contributed by atoms with Gasteiger partial charge in [0, 0.05) is 12.2 Å². The number of carbonyl (C=O) groups is 1. The van der Waals surface area contributed by atoms with Crippen molar-refractivity contribution in [1.29, 1.82) is 0 Å². The average molecular weight is 336 g/mol. The Morgan fingerprint density at radius 2 is 1.90 bits per heavy atom. The summed E-state index contributed by atoms with van der Waals surface area (Å²) >= 11 is 0. The van der Waals surface area contributed by atoms with Crippen LogP contribution in [0.3, 0.4) is 0 Å². The largest absolute Gasteiger partial charge is 0.325 e. The van der Waals surface area contributed by atoms with Gasteiger partial charge in [0.25, 0.3) is 0 Å². The number of rotatable bonds is 6. The van der Waals surface area contributed by atoms with Gasteiger partial charge in [0.2, 0.25) is 5.91 Å². The molecule has 0 radical (unpaired) electrons. The van der Waals surface area contributed by atoms with Crippen LogP contribution in [0.15, 0.2) is 24.3 Å². The lowest BCUT2D eigenvalue weighted by atomic mass is 10.0. The Kier molecular flexibility index (Phi) is 11.6. The second-order valence-electron chi connectivity index (χ2n) is 5.66. The molecule has 1 aromatic carbocycles. The van der Waals surface area contributed by atoms with Crippen LogP contribution in [0.25, 0.3) is 0 Å². The maximum atomic E-state index is 11.9. The third-order valence-electron chi connectivity index (χ3n) is 2.76. The predicted octanol–water partition coefficient (Wildman–Crippen LogP) is 2.90. The molecule has 0 aliphatic rings. The molecule has 4 nitrogen and oxygen atoms in total. The second kappa shape index (κ2) is 10.9. The summed E-state index contributed by atoms with van der Waals surface area (Å²) < 4.78 is 0. The molecule has 1 amide bonds. The van der Waals surface area contributed by atoms with Gasteiger partial charge in [0.1, 0.15) is 0 Å². The normalized spacial score (nSPS) is 11.6. The number of amides is 1. The van der Waals surface area contributed by atoms with Crippen molar-refractivity contribution in [1.82, 2.24) is 4.90 Å². The first-order chi connectivity index (χ1) is 8.88. The highest BCUT2D eigenvalue weighted by molar-refractivity contribution is 5.94. The topological polar surface area (TPSA) is 58.4 Å². The molecule has 1 aromatic rings. The lowest BCUT2D eigenvalue weighted by Crippen LogP contribution is -2.36. The molecule has 0 aliphatic heterocycles. The summed E-state index contributed by atoms with van der Waals surface area (Å²) in [6.45, 7) is 4.97. The van der Waals surface area contributed by atoms with Crippen LogP contribution in [0.1, 0.15) is 25.8 Å². The third kappa shape index (κ3) is 8.94. The monoisotopic (exact) mass is 335 g/mol. The van der Waals surface area contributed by atoms with E-state index in [9.17, 15) is 4.79 Å². The Labute approximate surface area is 140 Å². The van der Waals surface area contributed by atoms with Gasteiger partial charge >= 0.3 is 0 Å². The Morgan fingerprint density at radius 3 is 2.43 bits per heavy atom. The van der Waals surface area contributed by atoms with Crippen LogP contribution < -0.4 is 11.1 Å². The first-order valence-electron chi connectivity index (χ1n) is 6.68. The molecular formula is C15H27Cl2N3O. The first-order valence-corrected chi connectivity index (χ1v) is 6.68. The van der Waals surface area contributed by atoms with Crippen LogP contribution >= 0.6 is 24.8 Å². The Morgan fingerprint density at radius 1 is 1.29 bits per heavy atom. The summed E-state index contributed by atoms with van der Waals surface area (Å²) in [5.74, 6) is 0.302. The van der Waals surface area contributed by atoms with Crippen molar-refractivity contribution in [3.8, 4) is 0 Å². The van der Waals surface area contributed by atoms with Crippen molar-refractivity contribution in [2.75, 3.05) is 19.4 Å². The quantitative estimate of drug-likeness (QED) is 0.840. The number of halogens is 2. The summed E-state index contributed by atoms with van der Waals surface area (Å²) in [4.78, 5) is 14.0. The van der Waals surface area contributed by atoms with E-state index in [2.05, 4.69) is 24.1 Å². The van der Waals surface area contributed by atoms with Gasteiger partial charge in [-0.3, -0.25) is 4.79 Å². The molecule has 0 bridgehead atoms. The maximum Gasteiger partial charge on any atom is 0.241 e. The number of carbonyl (C=O) groups excluding carboxylic acids is 1. The Balaban J connectivity index is 0. The maximum absolute atomic E-state index is 11.9. The standard InChI is InChI=1S/C15H25N3O.2ClH/c1-11(2)8-14(16)15(19)17-13-7-5-6-12(9-13)10-18(3)4;;/h5-7,9,11,14H,8,10,16H2,1-4H3,(H,17,19);2*1H/t14-;;/m0../s1. The van der Waals surface area contributed by atoms with E-state index in [0.717, 1.165) is 12.2 Å². The van der Waals surface area contributed by atoms with E-state index in [0.29, 0.717) is 12.3 Å². The molecule has 0 saturated carbocycles. The van der Waals surface area contributed by atoms with Gasteiger partial charge in [-0.25, -0.2) is 0 Å². The molecule has 1 rings (SSSR count). The molecule has 0 aliphatic carbocycles. The molecule has 0 heterocycles. The number of hydrogen-bond acceptors (Lipinski definition) is 3. The molecule has 3 N–H and O–H groups in total. The van der Waals surface area contributed by atoms with Crippen LogP contribution in [0.5, 0.6) is 0 Å². The number of anilines is 1. The third-order valence-corrected chi connectivity index (χ3v) is 2.76. The molecule has 6 heteroatoms. The molecule has 0 spiro atoms. The predicted molar refractivity (Wildman–Crippen MR) is 94.4 cm³/mol. The van der Waals surface area contributed by atoms with Crippen molar-refractivity contribution in [3.63, 3.8) is 0 Å². The van der Waals surface area contributed by atoms with Gasteiger partial charge < -0.3 is 16.0 Å². The number of hydrogen-bond donors (Lipinski definition) is 2. The highest BCUT2D eigenvalue weighted by Gasteiger charge is 2.15. The second-order valence-corrected chi connectivity index (χ2v) is 5.66. The summed E-state index contributed by atoms with van der Waals surface area (Å²) in [6, 6.07) is 7.42. The summed E-state index contributed by atoms with van der Waals surface area (Å²) in [6.07, 6.45) is 0.698. The minimum absolute atomic E-state index is 0. The van der Waals surface area contributed by atoms with Gasteiger partial charge in [0.05, 0.1) is 6.04 Å². The smallest absolute Gasteiger partial charge is 0.241 e. The number of nitrogens with one attached hydrogen (secondary N) is 1. The van der Waals surface area contributed by atoms with E-state index in [1.807, 2.05) is 38.4 Å². The van der Waals surface area contributed by atoms with E-state index < -0.39 is 6.04 Å². The van der Waals surface area contributed by atoms with Crippen molar-refractivity contribution in [3.05, 3.63) is 29.8 Å². The van der Waals surface area contributed by atoms with Gasteiger partial charge in [0.15, 0.2) is 0 Å². The highest BCUT2D eigenvalue weighted by atomic mass is 35.5. The minimum atomic E-state index is -0.447. The number of benzene rings is 1. The van der Waals surface area contributed by atoms with Crippen molar-refractivity contribution >= 4 is 36.4 Å². The zero-order valence-corrected chi connectivity index (χ0v) is 14.8. The van der Waals surface area contributed by atoms with E-state index >= 15 is 0 Å². The number of nitrogens with two attached hydrogens (primary N) is 1. The molecule has 122 valence electrons. The fourth-order valence-electron chi connectivity index (χ4n) is 1.96. The summed E-state index contributed by atoms with van der Waals surface area (Å²) in [7, 11) is 4.04. The Hall–Kier alpha value is -0.810.